The maximum atomic E-state index is 12.0. The van der Waals surface area contributed by atoms with Crippen LogP contribution in [0.1, 0.15) is 17.3 Å². The van der Waals surface area contributed by atoms with E-state index in [1.807, 2.05) is 31.2 Å². The Morgan fingerprint density at radius 2 is 2.24 bits per heavy atom. The van der Waals surface area contributed by atoms with E-state index in [0.717, 1.165) is 10.9 Å². The molecule has 0 aliphatic heterocycles. The van der Waals surface area contributed by atoms with Gasteiger partial charge >= 0.3 is 0 Å². The first-order chi connectivity index (χ1) is 8.22. The minimum Gasteiger partial charge on any atom is -0.383 e. The van der Waals surface area contributed by atoms with Crippen LogP contribution in [-0.4, -0.2) is 30.6 Å². The highest BCUT2D eigenvalue weighted by Gasteiger charge is 2.13. The number of hydrogen-bond donors (Lipinski definition) is 2. The van der Waals surface area contributed by atoms with E-state index in [4.69, 9.17) is 4.74 Å². The summed E-state index contributed by atoms with van der Waals surface area (Å²) in [6.45, 7) is 2.42. The lowest BCUT2D eigenvalue weighted by Gasteiger charge is -2.12. The predicted molar refractivity (Wildman–Crippen MR) is 67.1 cm³/mol. The second-order valence-electron chi connectivity index (χ2n) is 4.08. The third-order valence-electron chi connectivity index (χ3n) is 2.63. The highest BCUT2D eigenvalue weighted by atomic mass is 16.5. The molecular weight excluding hydrogens is 216 g/mol. The van der Waals surface area contributed by atoms with Crippen LogP contribution in [0.25, 0.3) is 10.9 Å². The van der Waals surface area contributed by atoms with Crippen molar-refractivity contribution in [2.75, 3.05) is 13.7 Å². The van der Waals surface area contributed by atoms with E-state index in [0.29, 0.717) is 12.2 Å². The molecule has 90 valence electrons. The zero-order chi connectivity index (χ0) is 12.3. The number of para-hydroxylation sites is 1. The number of carbonyl (C=O) groups excluding carboxylic acids is 1. The quantitative estimate of drug-likeness (QED) is 0.846. The summed E-state index contributed by atoms with van der Waals surface area (Å²) in [6, 6.07) is 7.74. The lowest BCUT2D eigenvalue weighted by atomic mass is 10.1. The molecular formula is C13H16N2O2. The molecule has 1 amide bonds. The summed E-state index contributed by atoms with van der Waals surface area (Å²) in [6.07, 6.45) is 1.74. The Hall–Kier alpha value is -1.81. The van der Waals surface area contributed by atoms with Gasteiger partial charge in [0.2, 0.25) is 0 Å². The lowest BCUT2D eigenvalue weighted by Crippen LogP contribution is -2.35. The Labute approximate surface area is 100.0 Å². The molecule has 2 rings (SSSR count). The van der Waals surface area contributed by atoms with E-state index in [1.54, 1.807) is 13.3 Å². The topological polar surface area (TPSA) is 54.1 Å². The molecule has 1 heterocycles. The Balaban J connectivity index is 2.19. The fraction of sp³-hybridized carbons (Fsp3) is 0.308. The van der Waals surface area contributed by atoms with Crippen LogP contribution in [-0.2, 0) is 4.74 Å². The van der Waals surface area contributed by atoms with Crippen molar-refractivity contribution in [3.63, 3.8) is 0 Å². The number of methoxy groups -OCH3 is 1. The number of aromatic nitrogens is 1. The van der Waals surface area contributed by atoms with Crippen molar-refractivity contribution in [1.29, 1.82) is 0 Å². The summed E-state index contributed by atoms with van der Waals surface area (Å²) in [7, 11) is 1.62. The summed E-state index contributed by atoms with van der Waals surface area (Å²) in [5.74, 6) is -0.0769. The molecule has 4 nitrogen and oxygen atoms in total. The number of amides is 1. The molecule has 0 aliphatic carbocycles. The summed E-state index contributed by atoms with van der Waals surface area (Å²) in [5.41, 5.74) is 1.64. The monoisotopic (exact) mass is 232 g/mol. The molecule has 0 bridgehead atoms. The lowest BCUT2D eigenvalue weighted by molar-refractivity contribution is 0.0907. The average Bonchev–Trinajstić information content (AvgIpc) is 2.72. The Bertz CT molecular complexity index is 519. The van der Waals surface area contributed by atoms with Gasteiger partial charge in [-0.15, -0.1) is 0 Å². The molecule has 1 aromatic heterocycles. The van der Waals surface area contributed by atoms with Crippen LogP contribution in [0.15, 0.2) is 30.5 Å². The van der Waals surface area contributed by atoms with E-state index >= 15 is 0 Å². The number of nitrogens with one attached hydrogen (secondary N) is 2. The van der Waals surface area contributed by atoms with E-state index in [1.165, 1.54) is 0 Å². The van der Waals surface area contributed by atoms with Gasteiger partial charge in [-0.3, -0.25) is 4.79 Å². The number of benzene rings is 1. The van der Waals surface area contributed by atoms with Gasteiger partial charge in [0.15, 0.2) is 0 Å². The standard InChI is InChI=1S/C13H16N2O2/c1-9(8-17-2)15-13(16)11-7-14-12-6-4-3-5-10(11)12/h3-7,9,14H,8H2,1-2H3,(H,15,16). The fourth-order valence-corrected chi connectivity index (χ4v) is 1.85. The fourth-order valence-electron chi connectivity index (χ4n) is 1.85. The minimum absolute atomic E-state index is 0.00108. The molecule has 0 saturated heterocycles. The van der Waals surface area contributed by atoms with Gasteiger partial charge in [-0.1, -0.05) is 18.2 Å². The summed E-state index contributed by atoms with van der Waals surface area (Å²) in [4.78, 5) is 15.1. The van der Waals surface area contributed by atoms with Crippen LogP contribution in [0.3, 0.4) is 0 Å². The Morgan fingerprint density at radius 3 is 3.00 bits per heavy atom. The predicted octanol–water partition coefficient (Wildman–Crippen LogP) is 1.93. The molecule has 0 saturated carbocycles. The number of H-pyrrole nitrogens is 1. The van der Waals surface area contributed by atoms with Crippen molar-refractivity contribution in [2.45, 2.75) is 13.0 Å². The molecule has 1 unspecified atom stereocenters. The maximum absolute atomic E-state index is 12.0. The first-order valence-electron chi connectivity index (χ1n) is 5.58. The van der Waals surface area contributed by atoms with Crippen molar-refractivity contribution in [3.05, 3.63) is 36.0 Å². The molecule has 2 N–H and O–H groups in total. The number of carbonyl (C=O) groups is 1. The first-order valence-corrected chi connectivity index (χ1v) is 5.58. The summed E-state index contributed by atoms with van der Waals surface area (Å²) in [5, 5.41) is 3.83. The van der Waals surface area contributed by atoms with Gasteiger partial charge in [-0.2, -0.15) is 0 Å². The smallest absolute Gasteiger partial charge is 0.253 e. The average molecular weight is 232 g/mol. The number of aromatic amines is 1. The van der Waals surface area contributed by atoms with Gasteiger partial charge in [0.05, 0.1) is 12.2 Å². The molecule has 0 aliphatic rings. The zero-order valence-electron chi connectivity index (χ0n) is 9.99. The van der Waals surface area contributed by atoms with Crippen LogP contribution >= 0.6 is 0 Å². The molecule has 2 aromatic rings. The van der Waals surface area contributed by atoms with Crippen molar-refractivity contribution < 1.29 is 9.53 Å². The van der Waals surface area contributed by atoms with Gasteiger partial charge in [0.1, 0.15) is 0 Å². The van der Waals surface area contributed by atoms with E-state index in [9.17, 15) is 4.79 Å². The van der Waals surface area contributed by atoms with Crippen molar-refractivity contribution >= 4 is 16.8 Å². The van der Waals surface area contributed by atoms with Crippen molar-refractivity contribution in [1.82, 2.24) is 10.3 Å². The van der Waals surface area contributed by atoms with Gasteiger partial charge < -0.3 is 15.0 Å². The molecule has 17 heavy (non-hydrogen) atoms. The number of ether oxygens (including phenoxy) is 1. The van der Waals surface area contributed by atoms with Crippen LogP contribution in [0, 0.1) is 0 Å². The molecule has 0 fully saturated rings. The van der Waals surface area contributed by atoms with Crippen LogP contribution in [0.4, 0.5) is 0 Å². The van der Waals surface area contributed by atoms with Gasteiger partial charge in [0, 0.05) is 30.3 Å². The van der Waals surface area contributed by atoms with Crippen LogP contribution in [0.2, 0.25) is 0 Å². The van der Waals surface area contributed by atoms with Gasteiger partial charge in [-0.05, 0) is 13.0 Å². The highest BCUT2D eigenvalue weighted by molar-refractivity contribution is 6.06. The Morgan fingerprint density at radius 1 is 1.47 bits per heavy atom. The van der Waals surface area contributed by atoms with Crippen LogP contribution < -0.4 is 5.32 Å². The first kappa shape index (κ1) is 11.7. The van der Waals surface area contributed by atoms with Crippen LogP contribution in [0.5, 0.6) is 0 Å². The largest absolute Gasteiger partial charge is 0.383 e. The third-order valence-corrected chi connectivity index (χ3v) is 2.63. The molecule has 4 heteroatoms. The second-order valence-corrected chi connectivity index (χ2v) is 4.08. The van der Waals surface area contributed by atoms with E-state index < -0.39 is 0 Å². The molecule has 0 spiro atoms. The van der Waals surface area contributed by atoms with Gasteiger partial charge in [-0.25, -0.2) is 0 Å². The summed E-state index contributed by atoms with van der Waals surface area (Å²) >= 11 is 0. The Kier molecular flexibility index (Phi) is 3.44. The van der Waals surface area contributed by atoms with Crippen molar-refractivity contribution in [3.8, 4) is 0 Å². The van der Waals surface area contributed by atoms with Crippen molar-refractivity contribution in [2.24, 2.45) is 0 Å². The maximum Gasteiger partial charge on any atom is 0.253 e. The number of fused-ring (bicyclic) bond motifs is 1. The molecule has 0 radical (unpaired) electrons. The molecule has 1 aromatic carbocycles. The normalized spacial score (nSPS) is 12.6. The van der Waals surface area contributed by atoms with E-state index in [2.05, 4.69) is 10.3 Å². The molecule has 1 atom stereocenters. The summed E-state index contributed by atoms with van der Waals surface area (Å²) < 4.78 is 4.99. The van der Waals surface area contributed by atoms with Gasteiger partial charge in [0.25, 0.3) is 5.91 Å². The third kappa shape index (κ3) is 2.47. The second kappa shape index (κ2) is 5.01. The minimum atomic E-state index is -0.0769. The number of hydrogen-bond acceptors (Lipinski definition) is 2. The highest BCUT2D eigenvalue weighted by Crippen LogP contribution is 2.17. The zero-order valence-corrected chi connectivity index (χ0v) is 9.99. The SMILES string of the molecule is COCC(C)NC(=O)c1c[nH]c2ccccc12. The number of rotatable bonds is 4. The van der Waals surface area contributed by atoms with E-state index in [-0.39, 0.29) is 11.9 Å².